The molecular weight excluding hydrogens is 352 g/mol. The Morgan fingerprint density at radius 2 is 1.82 bits per heavy atom. The minimum atomic E-state index is 0.0137. The zero-order chi connectivity index (χ0) is 19.3. The lowest BCUT2D eigenvalue weighted by Gasteiger charge is -2.33. The average Bonchev–Trinajstić information content (AvgIpc) is 3.26. The first-order chi connectivity index (χ1) is 13.8. The monoisotopic (exact) mass is 380 g/mol. The van der Waals surface area contributed by atoms with Crippen molar-refractivity contribution in [3.63, 3.8) is 0 Å². The lowest BCUT2D eigenvalue weighted by molar-refractivity contribution is -0.121. The normalized spacial score (nSPS) is 17.9. The van der Waals surface area contributed by atoms with Gasteiger partial charge in [0.15, 0.2) is 6.61 Å². The molecule has 0 radical (unpaired) electrons. The number of carbonyl (C=O) groups is 1. The van der Waals surface area contributed by atoms with Crippen LogP contribution in [-0.2, 0) is 4.79 Å². The number of carbonyl (C=O) groups excluding carboxylic acids is 1. The van der Waals surface area contributed by atoms with Crippen molar-refractivity contribution in [3.8, 4) is 11.5 Å². The molecule has 5 nitrogen and oxygen atoms in total. The molecule has 5 heteroatoms. The first kappa shape index (κ1) is 18.8. The maximum absolute atomic E-state index is 12.7. The molecule has 2 aromatic rings. The Kier molecular flexibility index (Phi) is 5.81. The van der Waals surface area contributed by atoms with Crippen LogP contribution in [0.4, 0.5) is 5.69 Å². The molecule has 0 aromatic heterocycles. The highest BCUT2D eigenvalue weighted by molar-refractivity contribution is 5.97. The molecule has 0 saturated carbocycles. The molecule has 2 aliphatic rings. The van der Waals surface area contributed by atoms with Gasteiger partial charge in [-0.3, -0.25) is 4.79 Å². The minimum absolute atomic E-state index is 0.0137. The highest BCUT2D eigenvalue weighted by atomic mass is 16.5. The van der Waals surface area contributed by atoms with Crippen molar-refractivity contribution >= 4 is 11.6 Å². The number of methoxy groups -OCH3 is 1. The fourth-order valence-corrected chi connectivity index (χ4v) is 4.27. The maximum atomic E-state index is 12.7. The summed E-state index contributed by atoms with van der Waals surface area (Å²) in [6.45, 7) is 4.13. The third-order valence-electron chi connectivity index (χ3n) is 5.78. The van der Waals surface area contributed by atoms with E-state index >= 15 is 0 Å². The summed E-state index contributed by atoms with van der Waals surface area (Å²) in [6, 6.07) is 16.0. The summed E-state index contributed by atoms with van der Waals surface area (Å²) >= 11 is 0. The lowest BCUT2D eigenvalue weighted by Crippen LogP contribution is -2.41. The first-order valence-corrected chi connectivity index (χ1v) is 10.1. The lowest BCUT2D eigenvalue weighted by atomic mass is 9.93. The molecule has 4 rings (SSSR count). The van der Waals surface area contributed by atoms with E-state index in [0.29, 0.717) is 6.54 Å². The van der Waals surface area contributed by atoms with E-state index in [1.54, 1.807) is 7.11 Å². The van der Waals surface area contributed by atoms with Gasteiger partial charge in [0, 0.05) is 12.5 Å². The molecule has 1 fully saturated rings. The van der Waals surface area contributed by atoms with Crippen LogP contribution in [0.5, 0.6) is 11.5 Å². The number of para-hydroxylation sites is 3. The molecule has 28 heavy (non-hydrogen) atoms. The second-order valence-electron chi connectivity index (χ2n) is 7.54. The number of nitrogens with zero attached hydrogens (tertiary/aromatic N) is 2. The van der Waals surface area contributed by atoms with Crippen LogP contribution in [-0.4, -0.2) is 50.7 Å². The molecule has 0 spiro atoms. The standard InChI is InChI=1S/C23H28N2O3/c1-27-21-10-4-2-8-19(21)18(12-15-24-13-6-7-14-24)16-25-20-9-3-5-11-22(20)28-17-23(25)26/h2-5,8-11,18H,6-7,12-17H2,1H3. The van der Waals surface area contributed by atoms with Crippen LogP contribution in [0, 0.1) is 0 Å². The van der Waals surface area contributed by atoms with Gasteiger partial charge >= 0.3 is 0 Å². The Balaban J connectivity index is 1.60. The van der Waals surface area contributed by atoms with Crippen LogP contribution in [0.2, 0.25) is 0 Å². The number of hydrogen-bond donors (Lipinski definition) is 0. The van der Waals surface area contributed by atoms with Gasteiger partial charge in [-0.15, -0.1) is 0 Å². The van der Waals surface area contributed by atoms with E-state index in [-0.39, 0.29) is 18.4 Å². The van der Waals surface area contributed by atoms with Gasteiger partial charge in [-0.2, -0.15) is 0 Å². The number of ether oxygens (including phenoxy) is 2. The predicted octanol–water partition coefficient (Wildman–Crippen LogP) is 3.69. The van der Waals surface area contributed by atoms with Gasteiger partial charge in [0.05, 0.1) is 12.8 Å². The van der Waals surface area contributed by atoms with Crippen LogP contribution < -0.4 is 14.4 Å². The Hall–Kier alpha value is -2.53. The van der Waals surface area contributed by atoms with Crippen LogP contribution in [0.3, 0.4) is 0 Å². The summed E-state index contributed by atoms with van der Waals surface area (Å²) < 4.78 is 11.3. The number of likely N-dealkylation sites (tertiary alicyclic amines) is 1. The topological polar surface area (TPSA) is 42.0 Å². The predicted molar refractivity (Wildman–Crippen MR) is 110 cm³/mol. The summed E-state index contributed by atoms with van der Waals surface area (Å²) in [6.07, 6.45) is 3.57. The molecule has 0 N–H and O–H groups in total. The van der Waals surface area contributed by atoms with Crippen LogP contribution >= 0.6 is 0 Å². The number of benzene rings is 2. The zero-order valence-electron chi connectivity index (χ0n) is 16.5. The van der Waals surface area contributed by atoms with Crippen molar-refractivity contribution < 1.29 is 14.3 Å². The van der Waals surface area contributed by atoms with E-state index < -0.39 is 0 Å². The second-order valence-corrected chi connectivity index (χ2v) is 7.54. The van der Waals surface area contributed by atoms with Crippen molar-refractivity contribution in [1.29, 1.82) is 0 Å². The Morgan fingerprint density at radius 3 is 2.64 bits per heavy atom. The van der Waals surface area contributed by atoms with E-state index in [4.69, 9.17) is 9.47 Å². The largest absolute Gasteiger partial charge is 0.496 e. The molecule has 1 atom stereocenters. The first-order valence-electron chi connectivity index (χ1n) is 10.1. The molecule has 2 aromatic carbocycles. The number of anilines is 1. The Bertz CT molecular complexity index is 817. The van der Waals surface area contributed by atoms with E-state index in [1.807, 2.05) is 41.3 Å². The SMILES string of the molecule is COc1ccccc1C(CCN1CCCC1)CN1C(=O)COc2ccccc21. The summed E-state index contributed by atoms with van der Waals surface area (Å²) in [5.41, 5.74) is 2.03. The van der Waals surface area contributed by atoms with Gasteiger partial charge in [-0.1, -0.05) is 30.3 Å². The molecular formula is C23H28N2O3. The Morgan fingerprint density at radius 1 is 1.07 bits per heavy atom. The van der Waals surface area contributed by atoms with Gasteiger partial charge in [-0.05, 0) is 62.7 Å². The van der Waals surface area contributed by atoms with Crippen molar-refractivity contribution in [2.24, 2.45) is 0 Å². The van der Waals surface area contributed by atoms with E-state index in [2.05, 4.69) is 17.0 Å². The number of fused-ring (bicyclic) bond motifs is 1. The minimum Gasteiger partial charge on any atom is -0.496 e. The Labute approximate surface area is 166 Å². The zero-order valence-corrected chi connectivity index (χ0v) is 16.5. The fraction of sp³-hybridized carbons (Fsp3) is 0.435. The number of hydrogen-bond acceptors (Lipinski definition) is 4. The smallest absolute Gasteiger partial charge is 0.265 e. The summed E-state index contributed by atoms with van der Waals surface area (Å²) in [5.74, 6) is 1.88. The molecule has 2 aliphatic heterocycles. The van der Waals surface area contributed by atoms with Crippen molar-refractivity contribution in [3.05, 3.63) is 54.1 Å². The van der Waals surface area contributed by atoms with E-state index in [0.717, 1.165) is 30.2 Å². The molecule has 1 saturated heterocycles. The van der Waals surface area contributed by atoms with Gasteiger partial charge in [-0.25, -0.2) is 0 Å². The van der Waals surface area contributed by atoms with Gasteiger partial charge in [0.1, 0.15) is 11.5 Å². The quantitative estimate of drug-likeness (QED) is 0.735. The number of rotatable bonds is 7. The average molecular weight is 380 g/mol. The van der Waals surface area contributed by atoms with Crippen molar-refractivity contribution in [2.45, 2.75) is 25.2 Å². The highest BCUT2D eigenvalue weighted by Gasteiger charge is 2.29. The van der Waals surface area contributed by atoms with Crippen molar-refractivity contribution in [2.75, 3.05) is 44.8 Å². The van der Waals surface area contributed by atoms with E-state index in [9.17, 15) is 4.79 Å². The summed E-state index contributed by atoms with van der Waals surface area (Å²) in [4.78, 5) is 17.1. The maximum Gasteiger partial charge on any atom is 0.265 e. The van der Waals surface area contributed by atoms with Gasteiger partial charge in [0.25, 0.3) is 5.91 Å². The third kappa shape index (κ3) is 3.99. The third-order valence-corrected chi connectivity index (χ3v) is 5.78. The molecule has 0 aliphatic carbocycles. The van der Waals surface area contributed by atoms with Crippen LogP contribution in [0.25, 0.3) is 0 Å². The van der Waals surface area contributed by atoms with Crippen molar-refractivity contribution in [1.82, 2.24) is 4.90 Å². The number of amides is 1. The van der Waals surface area contributed by atoms with Crippen LogP contribution in [0.1, 0.15) is 30.7 Å². The fourth-order valence-electron chi connectivity index (χ4n) is 4.27. The van der Waals surface area contributed by atoms with Gasteiger partial charge < -0.3 is 19.3 Å². The molecule has 2 heterocycles. The summed E-state index contributed by atoms with van der Waals surface area (Å²) in [5, 5.41) is 0. The molecule has 1 unspecified atom stereocenters. The second kappa shape index (κ2) is 8.65. The van der Waals surface area contributed by atoms with Gasteiger partial charge in [0.2, 0.25) is 0 Å². The summed E-state index contributed by atoms with van der Waals surface area (Å²) in [7, 11) is 1.71. The van der Waals surface area contributed by atoms with Crippen LogP contribution in [0.15, 0.2) is 48.5 Å². The molecule has 148 valence electrons. The molecule has 0 bridgehead atoms. The van der Waals surface area contributed by atoms with E-state index in [1.165, 1.54) is 31.5 Å². The highest BCUT2D eigenvalue weighted by Crippen LogP contribution is 2.36. The molecule has 1 amide bonds.